The number of methoxy groups -OCH3 is 1. The minimum Gasteiger partial charge on any atom is -0.496 e. The molecule has 0 unspecified atom stereocenters. The van der Waals surface area contributed by atoms with E-state index >= 15 is 0 Å². The van der Waals surface area contributed by atoms with Crippen LogP contribution in [0, 0.1) is 6.92 Å². The molecule has 3 aromatic carbocycles. The summed E-state index contributed by atoms with van der Waals surface area (Å²) >= 11 is 1.64. The summed E-state index contributed by atoms with van der Waals surface area (Å²) in [6.45, 7) is 1.98. The van der Waals surface area contributed by atoms with E-state index in [1.54, 1.807) is 18.9 Å². The zero-order chi connectivity index (χ0) is 18.4. The van der Waals surface area contributed by atoms with Crippen LogP contribution in [0.15, 0.2) is 82.6 Å². The number of hydrogen-bond acceptors (Lipinski definition) is 3. The SMILES string of the molecule is COc1ccc(CC(=O)Nc2ccccc2Sc2ccccc2)cc1C. The Labute approximate surface area is 158 Å². The van der Waals surface area contributed by atoms with Crippen molar-refractivity contribution in [3.63, 3.8) is 0 Å². The number of nitrogens with one attached hydrogen (secondary N) is 1. The van der Waals surface area contributed by atoms with Crippen LogP contribution >= 0.6 is 11.8 Å². The van der Waals surface area contributed by atoms with Gasteiger partial charge in [-0.05, 0) is 48.4 Å². The smallest absolute Gasteiger partial charge is 0.228 e. The maximum atomic E-state index is 12.5. The minimum absolute atomic E-state index is 0.0318. The molecule has 0 atom stereocenters. The van der Waals surface area contributed by atoms with Gasteiger partial charge in [0.1, 0.15) is 5.75 Å². The van der Waals surface area contributed by atoms with Crippen LogP contribution in [-0.4, -0.2) is 13.0 Å². The van der Waals surface area contributed by atoms with Crippen molar-refractivity contribution in [1.29, 1.82) is 0 Å². The van der Waals surface area contributed by atoms with Crippen LogP contribution in [0.5, 0.6) is 5.75 Å². The average molecular weight is 363 g/mol. The van der Waals surface area contributed by atoms with E-state index in [2.05, 4.69) is 17.4 Å². The molecule has 0 saturated heterocycles. The fourth-order valence-corrected chi connectivity index (χ4v) is 3.63. The van der Waals surface area contributed by atoms with Gasteiger partial charge in [-0.2, -0.15) is 0 Å². The summed E-state index contributed by atoms with van der Waals surface area (Å²) in [7, 11) is 1.65. The summed E-state index contributed by atoms with van der Waals surface area (Å²) in [6, 6.07) is 23.8. The number of aryl methyl sites for hydroxylation is 1. The van der Waals surface area contributed by atoms with Crippen molar-refractivity contribution in [2.24, 2.45) is 0 Å². The predicted octanol–water partition coefficient (Wildman–Crippen LogP) is 5.34. The molecule has 0 aliphatic carbocycles. The number of rotatable bonds is 6. The lowest BCUT2D eigenvalue weighted by Gasteiger charge is -2.11. The number of carbonyl (C=O) groups excluding carboxylic acids is 1. The monoisotopic (exact) mass is 363 g/mol. The van der Waals surface area contributed by atoms with Crippen molar-refractivity contribution in [2.75, 3.05) is 12.4 Å². The number of hydrogen-bond donors (Lipinski definition) is 1. The number of para-hydroxylation sites is 1. The molecule has 0 fully saturated rings. The molecular weight excluding hydrogens is 342 g/mol. The highest BCUT2D eigenvalue weighted by Crippen LogP contribution is 2.33. The van der Waals surface area contributed by atoms with E-state index in [4.69, 9.17) is 4.74 Å². The molecule has 0 bridgehead atoms. The van der Waals surface area contributed by atoms with Gasteiger partial charge in [0, 0.05) is 9.79 Å². The Morgan fingerprint density at radius 3 is 2.46 bits per heavy atom. The van der Waals surface area contributed by atoms with Crippen molar-refractivity contribution < 1.29 is 9.53 Å². The Morgan fingerprint density at radius 2 is 1.73 bits per heavy atom. The zero-order valence-electron chi connectivity index (χ0n) is 14.9. The molecule has 3 aromatic rings. The Balaban J connectivity index is 1.70. The van der Waals surface area contributed by atoms with Crippen LogP contribution in [0.1, 0.15) is 11.1 Å². The third kappa shape index (κ3) is 4.67. The number of ether oxygens (including phenoxy) is 1. The largest absolute Gasteiger partial charge is 0.496 e. The quantitative estimate of drug-likeness (QED) is 0.643. The van der Waals surface area contributed by atoms with Crippen molar-refractivity contribution >= 4 is 23.4 Å². The van der Waals surface area contributed by atoms with E-state index < -0.39 is 0 Å². The van der Waals surface area contributed by atoms with Crippen molar-refractivity contribution in [2.45, 2.75) is 23.1 Å². The number of anilines is 1. The highest BCUT2D eigenvalue weighted by Gasteiger charge is 2.10. The van der Waals surface area contributed by atoms with E-state index in [0.717, 1.165) is 32.4 Å². The highest BCUT2D eigenvalue weighted by molar-refractivity contribution is 7.99. The van der Waals surface area contributed by atoms with Crippen molar-refractivity contribution in [3.05, 3.63) is 83.9 Å². The van der Waals surface area contributed by atoms with Crippen LogP contribution < -0.4 is 10.1 Å². The van der Waals surface area contributed by atoms with E-state index in [0.29, 0.717) is 6.42 Å². The average Bonchev–Trinajstić information content (AvgIpc) is 2.64. The van der Waals surface area contributed by atoms with Gasteiger partial charge >= 0.3 is 0 Å². The van der Waals surface area contributed by atoms with Crippen LogP contribution in [0.25, 0.3) is 0 Å². The maximum Gasteiger partial charge on any atom is 0.228 e. The molecule has 0 aromatic heterocycles. The standard InChI is InChI=1S/C22H21NO2S/c1-16-14-17(12-13-20(16)25-2)15-22(24)23-19-10-6-7-11-21(19)26-18-8-4-3-5-9-18/h3-14H,15H2,1-2H3,(H,23,24). The number of benzene rings is 3. The first kappa shape index (κ1) is 18.1. The van der Waals surface area contributed by atoms with Crippen LogP contribution in [-0.2, 0) is 11.2 Å². The minimum atomic E-state index is -0.0318. The Bertz CT molecular complexity index is 894. The van der Waals surface area contributed by atoms with Gasteiger partial charge in [0.05, 0.1) is 19.2 Å². The molecule has 0 heterocycles. The predicted molar refractivity (Wildman–Crippen MR) is 107 cm³/mol. The fourth-order valence-electron chi connectivity index (χ4n) is 2.70. The molecule has 0 radical (unpaired) electrons. The van der Waals surface area contributed by atoms with Gasteiger partial charge in [0.15, 0.2) is 0 Å². The summed E-state index contributed by atoms with van der Waals surface area (Å²) in [6.07, 6.45) is 0.329. The fraction of sp³-hybridized carbons (Fsp3) is 0.136. The maximum absolute atomic E-state index is 12.5. The summed E-state index contributed by atoms with van der Waals surface area (Å²) in [5.74, 6) is 0.800. The van der Waals surface area contributed by atoms with Gasteiger partial charge in [-0.3, -0.25) is 4.79 Å². The van der Waals surface area contributed by atoms with Crippen LogP contribution in [0.4, 0.5) is 5.69 Å². The van der Waals surface area contributed by atoms with Crippen molar-refractivity contribution in [1.82, 2.24) is 0 Å². The Kier molecular flexibility index (Phi) is 5.97. The molecule has 0 aliphatic heterocycles. The summed E-state index contributed by atoms with van der Waals surface area (Å²) in [5.41, 5.74) is 2.82. The van der Waals surface area contributed by atoms with Gasteiger partial charge in [0.25, 0.3) is 0 Å². The molecule has 4 heteroatoms. The zero-order valence-corrected chi connectivity index (χ0v) is 15.7. The van der Waals surface area contributed by atoms with Crippen LogP contribution in [0.2, 0.25) is 0 Å². The summed E-state index contributed by atoms with van der Waals surface area (Å²) < 4.78 is 5.27. The molecular formula is C22H21NO2S. The second-order valence-corrected chi connectivity index (χ2v) is 7.06. The van der Waals surface area contributed by atoms with E-state index in [9.17, 15) is 4.79 Å². The van der Waals surface area contributed by atoms with Gasteiger partial charge < -0.3 is 10.1 Å². The molecule has 1 N–H and O–H groups in total. The Morgan fingerprint density at radius 1 is 1.00 bits per heavy atom. The first-order chi connectivity index (χ1) is 12.7. The molecule has 1 amide bonds. The Hall–Kier alpha value is -2.72. The molecule has 0 aliphatic rings. The van der Waals surface area contributed by atoms with E-state index in [1.807, 2.05) is 67.6 Å². The molecule has 0 spiro atoms. The second-order valence-electron chi connectivity index (χ2n) is 5.94. The van der Waals surface area contributed by atoms with Crippen molar-refractivity contribution in [3.8, 4) is 5.75 Å². The lowest BCUT2D eigenvalue weighted by Crippen LogP contribution is -2.15. The van der Waals surface area contributed by atoms with Gasteiger partial charge in [-0.1, -0.05) is 54.2 Å². The summed E-state index contributed by atoms with van der Waals surface area (Å²) in [5, 5.41) is 3.04. The lowest BCUT2D eigenvalue weighted by atomic mass is 10.1. The first-order valence-electron chi connectivity index (χ1n) is 8.41. The number of carbonyl (C=O) groups is 1. The normalized spacial score (nSPS) is 10.4. The topological polar surface area (TPSA) is 38.3 Å². The molecule has 0 saturated carbocycles. The van der Waals surface area contributed by atoms with Gasteiger partial charge in [0.2, 0.25) is 5.91 Å². The lowest BCUT2D eigenvalue weighted by molar-refractivity contribution is -0.115. The highest BCUT2D eigenvalue weighted by atomic mass is 32.2. The molecule has 3 rings (SSSR count). The second kappa shape index (κ2) is 8.59. The van der Waals surface area contributed by atoms with E-state index in [-0.39, 0.29) is 5.91 Å². The third-order valence-corrected chi connectivity index (χ3v) is 5.04. The molecule has 132 valence electrons. The van der Waals surface area contributed by atoms with E-state index in [1.165, 1.54) is 0 Å². The summed E-state index contributed by atoms with van der Waals surface area (Å²) in [4.78, 5) is 14.7. The van der Waals surface area contributed by atoms with Crippen LogP contribution in [0.3, 0.4) is 0 Å². The first-order valence-corrected chi connectivity index (χ1v) is 9.22. The van der Waals surface area contributed by atoms with Gasteiger partial charge in [-0.15, -0.1) is 0 Å². The van der Waals surface area contributed by atoms with Gasteiger partial charge in [-0.25, -0.2) is 0 Å². The third-order valence-electron chi connectivity index (χ3n) is 3.96. The number of amides is 1. The molecule has 26 heavy (non-hydrogen) atoms. The molecule has 3 nitrogen and oxygen atoms in total.